The van der Waals surface area contributed by atoms with Gasteiger partial charge in [-0.3, -0.25) is 0 Å². The minimum Gasteiger partial charge on any atom is -0.383 e. The molecule has 1 aliphatic heterocycles. The number of nitrogens with two attached hydrogens (primary N) is 1. The van der Waals surface area contributed by atoms with E-state index in [2.05, 4.69) is 40.4 Å². The van der Waals surface area contributed by atoms with Crippen molar-refractivity contribution >= 4 is 39.7 Å². The van der Waals surface area contributed by atoms with E-state index in [4.69, 9.17) is 20.5 Å². The average Bonchev–Trinajstić information content (AvgIpc) is 3.65. The SMILES string of the molecule is CCC1(C)OCC(CCc2ccc(-c3c(C#N)c(N)nc(SCc4csc(Nc5ccc(C#N)c(C)c5)n4)c3C#N)cc2)O1. The summed E-state index contributed by atoms with van der Waals surface area (Å²) in [6, 6.07) is 20.0. The number of hydrogen-bond acceptors (Lipinski definition) is 11. The summed E-state index contributed by atoms with van der Waals surface area (Å²) in [5.74, 6) is 0.0407. The number of aryl methyl sites for hydroxylation is 2. The molecule has 222 valence electrons. The molecule has 2 aromatic carbocycles. The summed E-state index contributed by atoms with van der Waals surface area (Å²) in [4.78, 5) is 9.09. The van der Waals surface area contributed by atoms with Crippen molar-refractivity contribution in [2.75, 3.05) is 17.7 Å². The van der Waals surface area contributed by atoms with Gasteiger partial charge in [-0.05, 0) is 68.0 Å². The van der Waals surface area contributed by atoms with Gasteiger partial charge in [-0.1, -0.05) is 43.0 Å². The van der Waals surface area contributed by atoms with E-state index in [0.29, 0.717) is 39.2 Å². The molecule has 44 heavy (non-hydrogen) atoms. The fraction of sp³-hybridized carbons (Fsp3) is 0.303. The smallest absolute Gasteiger partial charge is 0.187 e. The van der Waals surface area contributed by atoms with Gasteiger partial charge in [0.15, 0.2) is 10.9 Å². The topological polar surface area (TPSA) is 154 Å². The van der Waals surface area contributed by atoms with Gasteiger partial charge < -0.3 is 20.5 Å². The zero-order valence-electron chi connectivity index (χ0n) is 24.7. The summed E-state index contributed by atoms with van der Waals surface area (Å²) in [7, 11) is 0. The molecule has 0 radical (unpaired) electrons. The van der Waals surface area contributed by atoms with Gasteiger partial charge >= 0.3 is 0 Å². The van der Waals surface area contributed by atoms with E-state index in [0.717, 1.165) is 47.3 Å². The van der Waals surface area contributed by atoms with Gasteiger partial charge in [-0.15, -0.1) is 11.3 Å². The maximum Gasteiger partial charge on any atom is 0.187 e. The van der Waals surface area contributed by atoms with E-state index < -0.39 is 5.79 Å². The number of thioether (sulfide) groups is 1. The van der Waals surface area contributed by atoms with Crippen molar-refractivity contribution in [1.29, 1.82) is 15.8 Å². The summed E-state index contributed by atoms with van der Waals surface area (Å²) < 4.78 is 11.9. The van der Waals surface area contributed by atoms with Crippen molar-refractivity contribution in [2.45, 2.75) is 62.7 Å². The fourth-order valence-corrected chi connectivity index (χ4v) is 6.66. The lowest BCUT2D eigenvalue weighted by Crippen LogP contribution is -2.25. The number of rotatable bonds is 10. The van der Waals surface area contributed by atoms with E-state index in [1.165, 1.54) is 23.1 Å². The predicted molar refractivity (Wildman–Crippen MR) is 172 cm³/mol. The quantitative estimate of drug-likeness (QED) is 0.173. The molecule has 0 bridgehead atoms. The Bertz CT molecular complexity index is 1800. The monoisotopic (exact) mass is 621 g/mol. The number of pyridine rings is 1. The van der Waals surface area contributed by atoms with Crippen LogP contribution in [0.4, 0.5) is 16.6 Å². The van der Waals surface area contributed by atoms with Crippen molar-refractivity contribution in [3.8, 4) is 29.3 Å². The van der Waals surface area contributed by atoms with E-state index in [-0.39, 0.29) is 17.5 Å². The van der Waals surface area contributed by atoms with Crippen molar-refractivity contribution in [3.63, 3.8) is 0 Å². The molecular weight excluding hydrogens is 591 g/mol. The molecule has 1 fully saturated rings. The molecule has 0 saturated carbocycles. The molecule has 2 atom stereocenters. The lowest BCUT2D eigenvalue weighted by molar-refractivity contribution is -0.155. The number of benzene rings is 2. The Kier molecular flexibility index (Phi) is 9.49. The first kappa shape index (κ1) is 31.0. The highest BCUT2D eigenvalue weighted by Gasteiger charge is 2.35. The second-order valence-corrected chi connectivity index (χ2v) is 12.4. The molecule has 4 aromatic rings. The first-order valence-electron chi connectivity index (χ1n) is 14.2. The van der Waals surface area contributed by atoms with Gasteiger partial charge in [-0.25, -0.2) is 9.97 Å². The maximum absolute atomic E-state index is 10.2. The molecule has 3 heterocycles. The Balaban J connectivity index is 1.30. The summed E-state index contributed by atoms with van der Waals surface area (Å²) in [6.07, 6.45) is 2.52. The molecule has 1 aliphatic rings. The van der Waals surface area contributed by atoms with Crippen molar-refractivity contribution in [1.82, 2.24) is 9.97 Å². The van der Waals surface area contributed by atoms with Crippen LogP contribution in [0.1, 0.15) is 60.2 Å². The zero-order valence-corrected chi connectivity index (χ0v) is 26.3. The van der Waals surface area contributed by atoms with Crippen LogP contribution in [0.5, 0.6) is 0 Å². The molecule has 1 saturated heterocycles. The number of nitrogen functional groups attached to an aromatic ring is 1. The van der Waals surface area contributed by atoms with Crippen LogP contribution >= 0.6 is 23.1 Å². The van der Waals surface area contributed by atoms with E-state index in [1.807, 2.05) is 55.6 Å². The minimum atomic E-state index is -0.503. The Morgan fingerprint density at radius 3 is 2.52 bits per heavy atom. The summed E-state index contributed by atoms with van der Waals surface area (Å²) in [5, 5.41) is 35.7. The normalized spacial score (nSPS) is 17.5. The van der Waals surface area contributed by atoms with Crippen LogP contribution in [0.2, 0.25) is 0 Å². The molecule has 11 heteroatoms. The van der Waals surface area contributed by atoms with Crippen LogP contribution in [0, 0.1) is 40.9 Å². The third-order valence-corrected chi connectivity index (χ3v) is 9.37. The lowest BCUT2D eigenvalue weighted by atomic mass is 9.95. The molecule has 9 nitrogen and oxygen atoms in total. The van der Waals surface area contributed by atoms with Gasteiger partial charge in [0.1, 0.15) is 28.5 Å². The van der Waals surface area contributed by atoms with Crippen LogP contribution in [0.15, 0.2) is 52.9 Å². The van der Waals surface area contributed by atoms with E-state index >= 15 is 0 Å². The number of anilines is 3. The fourth-order valence-electron chi connectivity index (χ4n) is 4.94. The molecule has 0 spiro atoms. The van der Waals surface area contributed by atoms with Gasteiger partial charge in [0, 0.05) is 22.4 Å². The average molecular weight is 622 g/mol. The molecule has 2 unspecified atom stereocenters. The van der Waals surface area contributed by atoms with Crippen LogP contribution in [0.3, 0.4) is 0 Å². The first-order chi connectivity index (χ1) is 21.2. The number of ether oxygens (including phenoxy) is 2. The summed E-state index contributed by atoms with van der Waals surface area (Å²) in [6.45, 7) is 6.50. The zero-order chi connectivity index (χ0) is 31.3. The molecule has 0 amide bonds. The van der Waals surface area contributed by atoms with Crippen molar-refractivity contribution in [3.05, 3.63) is 81.4 Å². The number of nitrogens with zero attached hydrogens (tertiary/aromatic N) is 5. The minimum absolute atomic E-state index is 0.0549. The summed E-state index contributed by atoms with van der Waals surface area (Å²) in [5.41, 5.74) is 12.3. The number of hydrogen-bond donors (Lipinski definition) is 2. The van der Waals surface area contributed by atoms with Gasteiger partial charge in [-0.2, -0.15) is 15.8 Å². The third kappa shape index (κ3) is 6.86. The highest BCUT2D eigenvalue weighted by Crippen LogP contribution is 2.37. The van der Waals surface area contributed by atoms with Gasteiger partial charge in [0.25, 0.3) is 0 Å². The number of nitriles is 3. The Morgan fingerprint density at radius 1 is 1.09 bits per heavy atom. The highest BCUT2D eigenvalue weighted by atomic mass is 32.2. The predicted octanol–water partition coefficient (Wildman–Crippen LogP) is 7.22. The molecule has 2 aromatic heterocycles. The Hall–Kier alpha value is -4.44. The van der Waals surface area contributed by atoms with Crippen LogP contribution in [-0.2, 0) is 21.6 Å². The van der Waals surface area contributed by atoms with Crippen molar-refractivity contribution < 1.29 is 9.47 Å². The van der Waals surface area contributed by atoms with Gasteiger partial charge in [0.2, 0.25) is 0 Å². The second kappa shape index (κ2) is 13.5. The molecule has 3 N–H and O–H groups in total. The lowest BCUT2D eigenvalue weighted by Gasteiger charge is -2.21. The Labute approximate surface area is 265 Å². The molecule has 5 rings (SSSR count). The van der Waals surface area contributed by atoms with Crippen LogP contribution in [0.25, 0.3) is 11.1 Å². The molecule has 0 aliphatic carbocycles. The van der Waals surface area contributed by atoms with E-state index in [9.17, 15) is 10.5 Å². The largest absolute Gasteiger partial charge is 0.383 e. The van der Waals surface area contributed by atoms with E-state index in [1.54, 1.807) is 6.07 Å². The Morgan fingerprint density at radius 2 is 1.86 bits per heavy atom. The third-order valence-electron chi connectivity index (χ3n) is 7.55. The number of aromatic nitrogens is 2. The highest BCUT2D eigenvalue weighted by molar-refractivity contribution is 7.98. The second-order valence-electron chi connectivity index (χ2n) is 10.6. The first-order valence-corrected chi connectivity index (χ1v) is 16.0. The van der Waals surface area contributed by atoms with Crippen LogP contribution < -0.4 is 11.1 Å². The standard InChI is InChI=1S/C33H31N7O2S2/c1-4-33(3)41-17-26(42-33)12-7-21-5-8-22(9-6-21)29-27(15-35)30(37)40-31(28(29)16-36)43-18-25-19-44-32(39-25)38-24-11-10-23(14-34)20(2)13-24/h5-6,8-11,13,19,26H,4,7,12,17-18H2,1-3H3,(H2,37,40)(H,38,39). The number of nitrogens with one attached hydrogen (secondary N) is 1. The molecular formula is C33H31N7O2S2. The van der Waals surface area contributed by atoms with Crippen LogP contribution in [-0.4, -0.2) is 28.5 Å². The maximum atomic E-state index is 10.2. The van der Waals surface area contributed by atoms with Crippen molar-refractivity contribution in [2.24, 2.45) is 0 Å². The van der Waals surface area contributed by atoms with Gasteiger partial charge in [0.05, 0.1) is 35.6 Å². The summed E-state index contributed by atoms with van der Waals surface area (Å²) >= 11 is 2.81. The number of thiazole rings is 1.